The van der Waals surface area contributed by atoms with Gasteiger partial charge in [-0.1, -0.05) is 52.4 Å². The second-order valence-corrected chi connectivity index (χ2v) is 5.76. The third-order valence-corrected chi connectivity index (χ3v) is 3.79. The molecule has 0 saturated heterocycles. The van der Waals surface area contributed by atoms with Crippen LogP contribution < -0.4 is 4.74 Å². The van der Waals surface area contributed by atoms with Crippen molar-refractivity contribution >= 4 is 5.78 Å². The molecule has 1 aromatic rings. The number of carbonyl (C=O) groups is 1. The molecule has 1 rings (SSSR count). The Labute approximate surface area is 129 Å². The molecule has 1 heterocycles. The molecule has 0 aromatic carbocycles. The van der Waals surface area contributed by atoms with Gasteiger partial charge in [0.1, 0.15) is 11.7 Å². The van der Waals surface area contributed by atoms with Gasteiger partial charge in [-0.25, -0.2) is 0 Å². The highest BCUT2D eigenvalue weighted by molar-refractivity contribution is 5.96. The van der Waals surface area contributed by atoms with Crippen molar-refractivity contribution in [3.05, 3.63) is 17.9 Å². The molecule has 3 heteroatoms. The number of hydrogen-bond acceptors (Lipinski definition) is 3. The molecule has 0 N–H and O–H groups in total. The summed E-state index contributed by atoms with van der Waals surface area (Å²) in [5, 5.41) is 0. The predicted octanol–water partition coefficient (Wildman–Crippen LogP) is 5.78. The SMILES string of the molecule is CCCCCCCC(CCCC)Oc1occc1C(C)=O. The molecule has 120 valence electrons. The lowest BCUT2D eigenvalue weighted by Gasteiger charge is -2.17. The zero-order valence-electron chi connectivity index (χ0n) is 13.8. The van der Waals surface area contributed by atoms with E-state index in [1.54, 1.807) is 13.0 Å². The lowest BCUT2D eigenvalue weighted by Crippen LogP contribution is -2.17. The molecule has 1 atom stereocenters. The van der Waals surface area contributed by atoms with Crippen molar-refractivity contribution in [1.82, 2.24) is 0 Å². The monoisotopic (exact) mass is 294 g/mol. The second kappa shape index (κ2) is 10.5. The molecule has 0 aliphatic heterocycles. The van der Waals surface area contributed by atoms with Crippen molar-refractivity contribution in [2.45, 2.75) is 84.7 Å². The summed E-state index contributed by atoms with van der Waals surface area (Å²) in [5.74, 6) is 0.396. The fourth-order valence-electron chi connectivity index (χ4n) is 2.47. The Morgan fingerprint density at radius 1 is 1.10 bits per heavy atom. The highest BCUT2D eigenvalue weighted by Gasteiger charge is 2.17. The van der Waals surface area contributed by atoms with Crippen molar-refractivity contribution in [3.8, 4) is 5.95 Å². The van der Waals surface area contributed by atoms with Gasteiger partial charge in [-0.15, -0.1) is 0 Å². The standard InChI is InChI=1S/C18H30O3/c1-4-6-8-9-10-12-16(11-7-5-2)21-18-17(15(3)19)13-14-20-18/h13-14,16H,4-12H2,1-3H3. The maximum absolute atomic E-state index is 11.5. The first kappa shape index (κ1) is 17.8. The fraction of sp³-hybridized carbons (Fsp3) is 0.722. The van der Waals surface area contributed by atoms with E-state index in [1.807, 2.05) is 0 Å². The van der Waals surface area contributed by atoms with E-state index >= 15 is 0 Å². The Hall–Kier alpha value is -1.25. The number of ketones is 1. The van der Waals surface area contributed by atoms with Crippen LogP contribution in [0.4, 0.5) is 0 Å². The number of Topliss-reactive ketones (excluding diaryl/α,β-unsaturated/α-hetero) is 1. The summed E-state index contributed by atoms with van der Waals surface area (Å²) in [6.45, 7) is 5.96. The Kier molecular flexibility index (Phi) is 8.88. The van der Waals surface area contributed by atoms with Crippen molar-refractivity contribution in [2.75, 3.05) is 0 Å². The third kappa shape index (κ3) is 6.83. The summed E-state index contributed by atoms with van der Waals surface area (Å²) in [6.07, 6.45) is 12.4. The molecule has 3 nitrogen and oxygen atoms in total. The van der Waals surface area contributed by atoms with Crippen LogP contribution in [0.25, 0.3) is 0 Å². The van der Waals surface area contributed by atoms with Gasteiger partial charge in [0.2, 0.25) is 0 Å². The number of unbranched alkanes of at least 4 members (excludes halogenated alkanes) is 5. The molecule has 21 heavy (non-hydrogen) atoms. The van der Waals surface area contributed by atoms with Crippen molar-refractivity contribution in [1.29, 1.82) is 0 Å². The van der Waals surface area contributed by atoms with E-state index in [0.29, 0.717) is 11.5 Å². The topological polar surface area (TPSA) is 39.4 Å². The summed E-state index contributed by atoms with van der Waals surface area (Å²) in [7, 11) is 0. The molecule has 0 bridgehead atoms. The maximum Gasteiger partial charge on any atom is 0.295 e. The lowest BCUT2D eigenvalue weighted by molar-refractivity contribution is 0.0988. The van der Waals surface area contributed by atoms with Crippen LogP contribution in [-0.2, 0) is 0 Å². The van der Waals surface area contributed by atoms with E-state index in [4.69, 9.17) is 9.15 Å². The van der Waals surface area contributed by atoms with Crippen LogP contribution in [0.15, 0.2) is 16.7 Å². The Balaban J connectivity index is 2.48. The molecule has 1 aromatic heterocycles. The van der Waals surface area contributed by atoms with Gasteiger partial charge in [-0.2, -0.15) is 0 Å². The molecule has 0 aliphatic rings. The van der Waals surface area contributed by atoms with E-state index < -0.39 is 0 Å². The highest BCUT2D eigenvalue weighted by Crippen LogP contribution is 2.24. The maximum atomic E-state index is 11.5. The number of furan rings is 1. The van der Waals surface area contributed by atoms with Gasteiger partial charge < -0.3 is 9.15 Å². The molecule has 0 fully saturated rings. The summed E-state index contributed by atoms with van der Waals surface area (Å²) >= 11 is 0. The van der Waals surface area contributed by atoms with E-state index in [2.05, 4.69) is 13.8 Å². The van der Waals surface area contributed by atoms with E-state index in [9.17, 15) is 4.79 Å². The number of carbonyl (C=O) groups excluding carboxylic acids is 1. The molecule has 0 amide bonds. The minimum Gasteiger partial charge on any atom is -0.461 e. The van der Waals surface area contributed by atoms with Gasteiger partial charge >= 0.3 is 0 Å². The number of hydrogen-bond donors (Lipinski definition) is 0. The molecular formula is C18H30O3. The minimum absolute atomic E-state index is 0.00376. The average molecular weight is 294 g/mol. The normalized spacial score (nSPS) is 12.3. The van der Waals surface area contributed by atoms with Crippen molar-refractivity contribution < 1.29 is 13.9 Å². The fourth-order valence-corrected chi connectivity index (χ4v) is 2.47. The van der Waals surface area contributed by atoms with Crippen molar-refractivity contribution in [3.63, 3.8) is 0 Å². The lowest BCUT2D eigenvalue weighted by atomic mass is 10.0. The van der Waals surface area contributed by atoms with Gasteiger partial charge in [0.15, 0.2) is 5.78 Å². The van der Waals surface area contributed by atoms with Crippen LogP contribution in [0.2, 0.25) is 0 Å². The zero-order chi connectivity index (χ0) is 15.5. The van der Waals surface area contributed by atoms with E-state index in [-0.39, 0.29) is 11.9 Å². The van der Waals surface area contributed by atoms with Crippen LogP contribution in [0, 0.1) is 0 Å². The van der Waals surface area contributed by atoms with Crippen LogP contribution in [0.3, 0.4) is 0 Å². The first-order valence-corrected chi connectivity index (χ1v) is 8.44. The largest absolute Gasteiger partial charge is 0.461 e. The summed E-state index contributed by atoms with van der Waals surface area (Å²) in [5.41, 5.74) is 0.558. The predicted molar refractivity (Wildman–Crippen MR) is 86.0 cm³/mol. The van der Waals surface area contributed by atoms with Gasteiger partial charge in [0, 0.05) is 0 Å². The third-order valence-electron chi connectivity index (χ3n) is 3.79. The van der Waals surface area contributed by atoms with Gasteiger partial charge in [-0.3, -0.25) is 4.79 Å². The van der Waals surface area contributed by atoms with Gasteiger partial charge in [0.25, 0.3) is 5.95 Å². The Morgan fingerprint density at radius 2 is 1.76 bits per heavy atom. The average Bonchev–Trinajstić information content (AvgIpc) is 2.92. The Bertz CT molecular complexity index is 395. The number of ether oxygens (including phenoxy) is 1. The molecule has 0 spiro atoms. The first-order chi connectivity index (χ1) is 10.2. The van der Waals surface area contributed by atoms with Crippen LogP contribution in [-0.4, -0.2) is 11.9 Å². The van der Waals surface area contributed by atoms with Crippen LogP contribution in [0.1, 0.15) is 88.9 Å². The van der Waals surface area contributed by atoms with E-state index in [0.717, 1.165) is 25.7 Å². The molecule has 1 unspecified atom stereocenters. The van der Waals surface area contributed by atoms with Gasteiger partial charge in [-0.05, 0) is 32.3 Å². The molecule has 0 aliphatic carbocycles. The molecule has 0 radical (unpaired) electrons. The summed E-state index contributed by atoms with van der Waals surface area (Å²) in [6, 6.07) is 1.69. The summed E-state index contributed by atoms with van der Waals surface area (Å²) < 4.78 is 11.3. The quantitative estimate of drug-likeness (QED) is 0.362. The second-order valence-electron chi connectivity index (χ2n) is 5.76. The molecular weight excluding hydrogens is 264 g/mol. The molecule has 0 saturated carbocycles. The van der Waals surface area contributed by atoms with E-state index in [1.165, 1.54) is 38.4 Å². The zero-order valence-corrected chi connectivity index (χ0v) is 13.8. The number of rotatable bonds is 12. The highest BCUT2D eigenvalue weighted by atomic mass is 16.6. The van der Waals surface area contributed by atoms with Gasteiger partial charge in [0.05, 0.1) is 6.26 Å². The first-order valence-electron chi connectivity index (χ1n) is 8.44. The van der Waals surface area contributed by atoms with Crippen molar-refractivity contribution in [2.24, 2.45) is 0 Å². The van der Waals surface area contributed by atoms with Crippen LogP contribution >= 0.6 is 0 Å². The van der Waals surface area contributed by atoms with Crippen LogP contribution in [0.5, 0.6) is 5.95 Å². The summed E-state index contributed by atoms with van der Waals surface area (Å²) in [4.78, 5) is 11.5. The Morgan fingerprint density at radius 3 is 2.43 bits per heavy atom. The minimum atomic E-state index is -0.00376. The smallest absolute Gasteiger partial charge is 0.295 e.